The van der Waals surface area contributed by atoms with Gasteiger partial charge in [0.15, 0.2) is 0 Å². The van der Waals surface area contributed by atoms with Gasteiger partial charge in [-0.05, 0) is 38.3 Å². The molecule has 0 amide bonds. The third kappa shape index (κ3) is 4.80. The van der Waals surface area contributed by atoms with E-state index in [9.17, 15) is 8.42 Å². The molecule has 1 saturated carbocycles. The zero-order chi connectivity index (χ0) is 12.0. The van der Waals surface area contributed by atoms with Crippen LogP contribution in [0.1, 0.15) is 32.6 Å². The van der Waals surface area contributed by atoms with E-state index in [0.717, 1.165) is 25.4 Å². The van der Waals surface area contributed by atoms with Crippen LogP contribution in [0.25, 0.3) is 0 Å². The Balaban J connectivity index is 2.04. The SMILES string of the molecule is CCN(CCCNCC1CCC1)S(C)(=O)=O. The molecule has 4 nitrogen and oxygen atoms in total. The van der Waals surface area contributed by atoms with Crippen LogP contribution in [-0.4, -0.2) is 45.2 Å². The lowest BCUT2D eigenvalue weighted by Gasteiger charge is -2.25. The Morgan fingerprint density at radius 3 is 2.50 bits per heavy atom. The average molecular weight is 248 g/mol. The summed E-state index contributed by atoms with van der Waals surface area (Å²) in [5.74, 6) is 0.872. The van der Waals surface area contributed by atoms with Gasteiger partial charge in [0.2, 0.25) is 10.0 Å². The van der Waals surface area contributed by atoms with Crippen LogP contribution in [-0.2, 0) is 10.0 Å². The van der Waals surface area contributed by atoms with Gasteiger partial charge in [-0.1, -0.05) is 13.3 Å². The normalized spacial score (nSPS) is 17.7. The summed E-state index contributed by atoms with van der Waals surface area (Å²) in [5.41, 5.74) is 0. The van der Waals surface area contributed by atoms with E-state index in [1.54, 1.807) is 0 Å². The minimum absolute atomic E-state index is 0.571. The Bertz CT molecular complexity index is 286. The molecular formula is C11H24N2O2S. The molecule has 0 aromatic rings. The van der Waals surface area contributed by atoms with E-state index < -0.39 is 10.0 Å². The molecule has 0 saturated heterocycles. The van der Waals surface area contributed by atoms with E-state index in [1.165, 1.54) is 29.8 Å². The highest BCUT2D eigenvalue weighted by atomic mass is 32.2. The molecular weight excluding hydrogens is 224 g/mol. The first kappa shape index (κ1) is 13.9. The van der Waals surface area contributed by atoms with Gasteiger partial charge in [-0.2, -0.15) is 0 Å². The Morgan fingerprint density at radius 2 is 2.06 bits per heavy atom. The van der Waals surface area contributed by atoms with E-state index in [4.69, 9.17) is 0 Å². The molecule has 1 aliphatic carbocycles. The number of sulfonamides is 1. The van der Waals surface area contributed by atoms with Gasteiger partial charge in [-0.25, -0.2) is 12.7 Å². The second kappa shape index (κ2) is 6.57. The lowest BCUT2D eigenvalue weighted by molar-refractivity contribution is 0.299. The van der Waals surface area contributed by atoms with Crippen LogP contribution in [0.3, 0.4) is 0 Å². The van der Waals surface area contributed by atoms with Crippen LogP contribution in [0.2, 0.25) is 0 Å². The predicted molar refractivity (Wildman–Crippen MR) is 66.9 cm³/mol. The maximum atomic E-state index is 11.3. The Kier molecular flexibility index (Phi) is 5.72. The quantitative estimate of drug-likeness (QED) is 0.653. The third-order valence-electron chi connectivity index (χ3n) is 3.24. The summed E-state index contributed by atoms with van der Waals surface area (Å²) in [6, 6.07) is 0. The molecule has 1 fully saturated rings. The second-order valence-electron chi connectivity index (χ2n) is 4.61. The van der Waals surface area contributed by atoms with Gasteiger partial charge in [-0.3, -0.25) is 0 Å². The molecule has 0 radical (unpaired) electrons. The zero-order valence-corrected chi connectivity index (χ0v) is 11.2. The number of hydrogen-bond donors (Lipinski definition) is 1. The van der Waals surface area contributed by atoms with E-state index in [0.29, 0.717) is 13.1 Å². The van der Waals surface area contributed by atoms with Crippen molar-refractivity contribution < 1.29 is 8.42 Å². The second-order valence-corrected chi connectivity index (χ2v) is 6.59. The molecule has 1 aliphatic rings. The smallest absolute Gasteiger partial charge is 0.211 e. The fourth-order valence-corrected chi connectivity index (χ4v) is 2.87. The van der Waals surface area contributed by atoms with Crippen LogP contribution in [0.15, 0.2) is 0 Å². The van der Waals surface area contributed by atoms with E-state index in [1.807, 2.05) is 6.92 Å². The van der Waals surface area contributed by atoms with Crippen molar-refractivity contribution in [3.63, 3.8) is 0 Å². The maximum Gasteiger partial charge on any atom is 0.211 e. The van der Waals surface area contributed by atoms with Crippen molar-refractivity contribution in [3.8, 4) is 0 Å². The summed E-state index contributed by atoms with van der Waals surface area (Å²) in [5, 5.41) is 3.40. The highest BCUT2D eigenvalue weighted by molar-refractivity contribution is 7.88. The Hall–Kier alpha value is -0.130. The molecule has 0 bridgehead atoms. The summed E-state index contributed by atoms with van der Waals surface area (Å²) in [7, 11) is -3.01. The predicted octanol–water partition coefficient (Wildman–Crippen LogP) is 1.05. The van der Waals surface area contributed by atoms with Crippen LogP contribution in [0, 0.1) is 5.92 Å². The summed E-state index contributed by atoms with van der Waals surface area (Å²) >= 11 is 0. The van der Waals surface area contributed by atoms with Crippen molar-refractivity contribution in [1.29, 1.82) is 0 Å². The summed E-state index contributed by atoms with van der Waals surface area (Å²) in [6.45, 7) is 5.10. The topological polar surface area (TPSA) is 49.4 Å². The first-order valence-corrected chi connectivity index (χ1v) is 8.04. The number of nitrogens with zero attached hydrogens (tertiary/aromatic N) is 1. The molecule has 0 atom stereocenters. The third-order valence-corrected chi connectivity index (χ3v) is 4.62. The molecule has 5 heteroatoms. The van der Waals surface area contributed by atoms with Gasteiger partial charge in [0.25, 0.3) is 0 Å². The molecule has 0 heterocycles. The molecule has 0 aromatic heterocycles. The van der Waals surface area contributed by atoms with Crippen molar-refractivity contribution >= 4 is 10.0 Å². The Morgan fingerprint density at radius 1 is 1.38 bits per heavy atom. The van der Waals surface area contributed by atoms with Crippen molar-refractivity contribution in [2.75, 3.05) is 32.4 Å². The molecule has 1 N–H and O–H groups in total. The molecule has 0 aliphatic heterocycles. The van der Waals surface area contributed by atoms with Crippen LogP contribution in [0.5, 0.6) is 0 Å². The minimum atomic E-state index is -3.01. The van der Waals surface area contributed by atoms with E-state index in [2.05, 4.69) is 5.32 Å². The van der Waals surface area contributed by atoms with E-state index in [-0.39, 0.29) is 0 Å². The van der Waals surface area contributed by atoms with Crippen molar-refractivity contribution in [3.05, 3.63) is 0 Å². The summed E-state index contributed by atoms with van der Waals surface area (Å²) < 4.78 is 24.1. The number of hydrogen-bond acceptors (Lipinski definition) is 3. The van der Waals surface area contributed by atoms with Crippen LogP contribution in [0.4, 0.5) is 0 Å². The van der Waals surface area contributed by atoms with Crippen molar-refractivity contribution in [1.82, 2.24) is 9.62 Å². The highest BCUT2D eigenvalue weighted by Gasteiger charge is 2.16. The first-order chi connectivity index (χ1) is 7.54. The lowest BCUT2D eigenvalue weighted by atomic mass is 9.85. The lowest BCUT2D eigenvalue weighted by Crippen LogP contribution is -2.33. The molecule has 0 aromatic carbocycles. The fourth-order valence-electron chi connectivity index (χ4n) is 1.94. The van der Waals surface area contributed by atoms with Gasteiger partial charge < -0.3 is 5.32 Å². The number of nitrogens with one attached hydrogen (secondary N) is 1. The largest absolute Gasteiger partial charge is 0.316 e. The van der Waals surface area contributed by atoms with Crippen molar-refractivity contribution in [2.24, 2.45) is 5.92 Å². The van der Waals surface area contributed by atoms with Crippen LogP contribution < -0.4 is 5.32 Å². The molecule has 0 unspecified atom stereocenters. The van der Waals surface area contributed by atoms with Crippen LogP contribution >= 0.6 is 0 Å². The molecule has 16 heavy (non-hydrogen) atoms. The summed E-state index contributed by atoms with van der Waals surface area (Å²) in [4.78, 5) is 0. The monoisotopic (exact) mass is 248 g/mol. The van der Waals surface area contributed by atoms with Gasteiger partial charge in [0.1, 0.15) is 0 Å². The molecule has 0 spiro atoms. The first-order valence-electron chi connectivity index (χ1n) is 6.20. The number of rotatable bonds is 8. The average Bonchev–Trinajstić information content (AvgIpc) is 2.11. The highest BCUT2D eigenvalue weighted by Crippen LogP contribution is 2.24. The summed E-state index contributed by atoms with van der Waals surface area (Å²) in [6.07, 6.45) is 6.27. The van der Waals surface area contributed by atoms with Crippen molar-refractivity contribution in [2.45, 2.75) is 32.6 Å². The van der Waals surface area contributed by atoms with Gasteiger partial charge in [-0.15, -0.1) is 0 Å². The maximum absolute atomic E-state index is 11.3. The fraction of sp³-hybridized carbons (Fsp3) is 1.00. The standard InChI is InChI=1S/C11H24N2O2S/c1-3-13(16(2,14)15)9-5-8-12-10-11-6-4-7-11/h11-12H,3-10H2,1-2H3. The van der Waals surface area contributed by atoms with Gasteiger partial charge in [0.05, 0.1) is 6.26 Å². The Labute approximate surface area is 99.5 Å². The van der Waals surface area contributed by atoms with E-state index >= 15 is 0 Å². The van der Waals surface area contributed by atoms with Gasteiger partial charge >= 0.3 is 0 Å². The molecule has 1 rings (SSSR count). The zero-order valence-electron chi connectivity index (χ0n) is 10.4. The molecule has 96 valence electrons. The van der Waals surface area contributed by atoms with Gasteiger partial charge in [0, 0.05) is 13.1 Å². The minimum Gasteiger partial charge on any atom is -0.316 e.